The van der Waals surface area contributed by atoms with Crippen LogP contribution in [0.5, 0.6) is 0 Å². The molecule has 1 aliphatic rings. The van der Waals surface area contributed by atoms with Crippen molar-refractivity contribution in [1.82, 2.24) is 19.5 Å². The van der Waals surface area contributed by atoms with Crippen molar-refractivity contribution in [3.63, 3.8) is 0 Å². The Morgan fingerprint density at radius 3 is 1.78 bits per heavy atom. The van der Waals surface area contributed by atoms with E-state index in [1.807, 2.05) is 48.5 Å². The van der Waals surface area contributed by atoms with E-state index in [0.717, 1.165) is 89.0 Å². The molecule has 64 heavy (non-hydrogen) atoms. The first-order valence-corrected chi connectivity index (χ1v) is 21.5. The van der Waals surface area contributed by atoms with E-state index in [1.165, 1.54) is 10.8 Å². The molecule has 0 fully saturated rings. The fraction of sp³-hybridized carbons (Fsp3) is 0.0172. The molecule has 0 N–H and O–H groups in total. The zero-order chi connectivity index (χ0) is 42.6. The molecule has 4 heterocycles. The number of hydrogen-bond acceptors (Lipinski definition) is 5. The number of benzene rings is 8. The Balaban J connectivity index is 1.04. The van der Waals surface area contributed by atoms with Crippen LogP contribution in [0.1, 0.15) is 5.56 Å². The van der Waals surface area contributed by atoms with Crippen molar-refractivity contribution in [2.75, 3.05) is 11.4 Å². The number of aromatic nitrogens is 4. The van der Waals surface area contributed by atoms with Gasteiger partial charge in [0.05, 0.1) is 11.0 Å². The predicted octanol–water partition coefficient (Wildman–Crippen LogP) is 14.8. The van der Waals surface area contributed by atoms with Gasteiger partial charge in [-0.1, -0.05) is 164 Å². The number of anilines is 2. The number of allylic oxidation sites excluding steroid dienone is 4. The van der Waals surface area contributed by atoms with E-state index < -0.39 is 0 Å². The smallest absolute Gasteiger partial charge is 0.164 e. The Morgan fingerprint density at radius 1 is 0.438 bits per heavy atom. The van der Waals surface area contributed by atoms with Gasteiger partial charge in [-0.3, -0.25) is 0 Å². The second-order valence-corrected chi connectivity index (χ2v) is 16.1. The predicted molar refractivity (Wildman–Crippen MR) is 264 cm³/mol. The molecule has 0 spiro atoms. The Morgan fingerprint density at radius 2 is 1.02 bits per heavy atom. The van der Waals surface area contributed by atoms with Crippen LogP contribution in [0.2, 0.25) is 0 Å². The third kappa shape index (κ3) is 6.48. The molecule has 0 aliphatic carbocycles. The number of nitrogens with zero attached hydrogens (tertiary/aromatic N) is 5. The van der Waals surface area contributed by atoms with Crippen molar-refractivity contribution in [3.8, 4) is 51.0 Å². The van der Waals surface area contributed by atoms with Crippen LogP contribution in [-0.4, -0.2) is 26.1 Å². The third-order valence-corrected chi connectivity index (χ3v) is 12.2. The van der Waals surface area contributed by atoms with Crippen molar-refractivity contribution in [2.24, 2.45) is 0 Å². The average Bonchev–Trinajstić information content (AvgIpc) is 3.92. The topological polar surface area (TPSA) is 60.0 Å². The van der Waals surface area contributed by atoms with Crippen LogP contribution in [0.25, 0.3) is 100 Å². The molecule has 0 saturated carbocycles. The van der Waals surface area contributed by atoms with Gasteiger partial charge in [-0.05, 0) is 71.3 Å². The molecule has 0 amide bonds. The maximum Gasteiger partial charge on any atom is 0.164 e. The molecule has 0 unspecified atom stereocenters. The van der Waals surface area contributed by atoms with Crippen LogP contribution in [0.15, 0.2) is 223 Å². The molecule has 0 saturated heterocycles. The lowest BCUT2D eigenvalue weighted by Crippen LogP contribution is -2.18. The van der Waals surface area contributed by atoms with Crippen molar-refractivity contribution < 1.29 is 4.42 Å². The molecule has 6 heteroatoms. The van der Waals surface area contributed by atoms with Gasteiger partial charge in [-0.15, -0.1) is 0 Å². The van der Waals surface area contributed by atoms with Crippen LogP contribution in [0.4, 0.5) is 11.4 Å². The molecular formula is C58H39N5O. The summed E-state index contributed by atoms with van der Waals surface area (Å²) in [6.45, 7) is 5.09. The lowest BCUT2D eigenvalue weighted by molar-refractivity contribution is 0.669. The molecule has 1 aliphatic heterocycles. The largest absolute Gasteiger partial charge is 0.456 e. The summed E-state index contributed by atoms with van der Waals surface area (Å²) in [5.74, 6) is 1.76. The summed E-state index contributed by atoms with van der Waals surface area (Å²) in [5, 5.41) is 4.61. The van der Waals surface area contributed by atoms with E-state index >= 15 is 0 Å². The van der Waals surface area contributed by atoms with Crippen LogP contribution in [0, 0.1) is 0 Å². The van der Waals surface area contributed by atoms with E-state index in [0.29, 0.717) is 24.0 Å². The molecule has 0 radical (unpaired) electrons. The molecule has 8 aromatic carbocycles. The first-order chi connectivity index (χ1) is 31.6. The summed E-state index contributed by atoms with van der Waals surface area (Å²) in [6.07, 6.45) is 8.41. The summed E-state index contributed by atoms with van der Waals surface area (Å²) in [7, 11) is 0. The molecule has 0 atom stereocenters. The molecule has 12 rings (SSSR count). The number of rotatable bonds is 6. The Hall–Kier alpha value is -8.61. The quantitative estimate of drug-likeness (QED) is 0.167. The summed E-state index contributed by atoms with van der Waals surface area (Å²) in [5.41, 5.74) is 13.9. The lowest BCUT2D eigenvalue weighted by atomic mass is 10.0. The minimum atomic E-state index is 0.575. The maximum atomic E-state index is 6.24. The van der Waals surface area contributed by atoms with Gasteiger partial charge in [-0.25, -0.2) is 15.0 Å². The third-order valence-electron chi connectivity index (χ3n) is 12.2. The van der Waals surface area contributed by atoms with E-state index in [2.05, 4.69) is 180 Å². The van der Waals surface area contributed by atoms with Gasteiger partial charge in [-0.2, -0.15) is 0 Å². The molecule has 0 bridgehead atoms. The van der Waals surface area contributed by atoms with E-state index in [4.69, 9.17) is 19.4 Å². The summed E-state index contributed by atoms with van der Waals surface area (Å²) >= 11 is 0. The highest BCUT2D eigenvalue weighted by Gasteiger charge is 2.21. The standard InChI is InChI=1S/C58H39N5O/c1-38-16-4-3-15-33-62(51-23-11-7-19-46(38)51)44-34-43(35-45(37-44)63-52-24-12-8-20-47(52)48-21-9-13-25-53(48)63)58-60-56(40-17-5-2-6-18-40)59-57(61-58)41-29-27-39(28-30-41)42-31-32-50-49-22-10-14-26-54(49)64-55(50)36-42/h2-32,34-37H,1,33H2/b15-3-,16-4-. The van der Waals surface area contributed by atoms with Gasteiger partial charge in [0.1, 0.15) is 11.2 Å². The van der Waals surface area contributed by atoms with Crippen LogP contribution in [0.3, 0.4) is 0 Å². The molecule has 302 valence electrons. The molecule has 3 aromatic heterocycles. The van der Waals surface area contributed by atoms with Gasteiger partial charge < -0.3 is 13.9 Å². The maximum absolute atomic E-state index is 6.24. The van der Waals surface area contributed by atoms with Gasteiger partial charge in [0.2, 0.25) is 0 Å². The zero-order valence-electron chi connectivity index (χ0n) is 34.8. The van der Waals surface area contributed by atoms with Crippen LogP contribution in [-0.2, 0) is 0 Å². The highest BCUT2D eigenvalue weighted by Crippen LogP contribution is 2.40. The summed E-state index contributed by atoms with van der Waals surface area (Å²) < 4.78 is 8.60. The van der Waals surface area contributed by atoms with Gasteiger partial charge in [0.25, 0.3) is 0 Å². The number of para-hydroxylation sites is 4. The van der Waals surface area contributed by atoms with E-state index in [1.54, 1.807) is 0 Å². The SMILES string of the molecule is C=C1/C=C\C=C/CN(c2cc(-c3nc(-c4ccccc4)nc(-c4ccc(-c5ccc6c(c5)oc5ccccc56)cc4)n3)cc(-n3c4ccccc4c4ccccc43)c2)c2ccccc21. The number of furan rings is 1. The average molecular weight is 822 g/mol. The normalized spacial score (nSPS) is 13.8. The molecule has 11 aromatic rings. The second kappa shape index (κ2) is 15.4. The Bertz CT molecular complexity index is 3620. The summed E-state index contributed by atoms with van der Waals surface area (Å²) in [4.78, 5) is 18.0. The Kier molecular flexibility index (Phi) is 8.94. The highest BCUT2D eigenvalue weighted by molar-refractivity contribution is 6.09. The highest BCUT2D eigenvalue weighted by atomic mass is 16.3. The molecule has 6 nitrogen and oxygen atoms in total. The monoisotopic (exact) mass is 821 g/mol. The minimum Gasteiger partial charge on any atom is -0.456 e. The number of fused-ring (bicyclic) bond motifs is 7. The molecular weight excluding hydrogens is 783 g/mol. The van der Waals surface area contributed by atoms with Crippen molar-refractivity contribution in [3.05, 3.63) is 225 Å². The van der Waals surface area contributed by atoms with Crippen molar-refractivity contribution in [2.45, 2.75) is 0 Å². The van der Waals surface area contributed by atoms with Crippen molar-refractivity contribution >= 4 is 60.7 Å². The first-order valence-electron chi connectivity index (χ1n) is 21.5. The fourth-order valence-corrected chi connectivity index (χ4v) is 9.11. The van der Waals surface area contributed by atoms with Crippen molar-refractivity contribution in [1.29, 1.82) is 0 Å². The van der Waals surface area contributed by atoms with E-state index in [9.17, 15) is 0 Å². The minimum absolute atomic E-state index is 0.575. The zero-order valence-corrected chi connectivity index (χ0v) is 34.8. The first kappa shape index (κ1) is 37.2. The van der Waals surface area contributed by atoms with Crippen LogP contribution >= 0.6 is 0 Å². The number of hydrogen-bond donors (Lipinski definition) is 0. The summed E-state index contributed by atoms with van der Waals surface area (Å²) in [6, 6.07) is 65.6. The van der Waals surface area contributed by atoms with Gasteiger partial charge >= 0.3 is 0 Å². The van der Waals surface area contributed by atoms with Gasteiger partial charge in [0.15, 0.2) is 17.5 Å². The Labute approximate surface area is 370 Å². The lowest BCUT2D eigenvalue weighted by Gasteiger charge is -2.27. The van der Waals surface area contributed by atoms with Gasteiger partial charge in [0, 0.05) is 67.4 Å². The fourth-order valence-electron chi connectivity index (χ4n) is 9.11. The van der Waals surface area contributed by atoms with E-state index in [-0.39, 0.29) is 0 Å². The second-order valence-electron chi connectivity index (χ2n) is 16.1. The van der Waals surface area contributed by atoms with Crippen LogP contribution < -0.4 is 4.90 Å².